The maximum atomic E-state index is 10.4. The Bertz CT molecular complexity index is 209. The van der Waals surface area contributed by atoms with Gasteiger partial charge in [-0.05, 0) is 44.2 Å². The van der Waals surface area contributed by atoms with Gasteiger partial charge in [0.05, 0.1) is 10.00 Å². The molecular weight excluding hydrogens is 288 g/mol. The van der Waals surface area contributed by atoms with Gasteiger partial charge in [0.1, 0.15) is 0 Å². The number of carbonyl (C=O) groups is 1. The molecule has 0 saturated heterocycles. The van der Waals surface area contributed by atoms with Crippen LogP contribution in [0.3, 0.4) is 0 Å². The zero-order valence-electron chi connectivity index (χ0n) is 6.72. The van der Waals surface area contributed by atoms with Gasteiger partial charge in [0.25, 0.3) is 0 Å². The average Bonchev–Trinajstić information content (AvgIpc) is 2.62. The highest BCUT2D eigenvalue weighted by molar-refractivity contribution is 9.28. The summed E-state index contributed by atoms with van der Waals surface area (Å²) < 4.78 is 5.86. The van der Waals surface area contributed by atoms with Gasteiger partial charge >= 0.3 is 5.97 Å². The van der Waals surface area contributed by atoms with Crippen LogP contribution in [0.15, 0.2) is 9.47 Å². The van der Waals surface area contributed by atoms with Crippen LogP contribution in [0.1, 0.15) is 13.3 Å². The SMILES string of the molecule is CC(=O)OC[C@H]1C[C@@H]1C=C(Br)Br. The minimum absolute atomic E-state index is 0.192. The van der Waals surface area contributed by atoms with E-state index in [0.717, 1.165) is 9.81 Å². The van der Waals surface area contributed by atoms with Crippen LogP contribution in [0.4, 0.5) is 0 Å². The zero-order valence-corrected chi connectivity index (χ0v) is 9.89. The Morgan fingerprint density at radius 1 is 1.67 bits per heavy atom. The third kappa shape index (κ3) is 3.72. The first-order valence-electron chi connectivity index (χ1n) is 3.75. The topological polar surface area (TPSA) is 26.3 Å². The van der Waals surface area contributed by atoms with E-state index in [9.17, 15) is 4.79 Å². The second kappa shape index (κ2) is 4.42. The fourth-order valence-corrected chi connectivity index (χ4v) is 1.73. The highest BCUT2D eigenvalue weighted by Crippen LogP contribution is 2.41. The minimum atomic E-state index is -0.192. The van der Waals surface area contributed by atoms with E-state index in [0.29, 0.717) is 18.4 Å². The van der Waals surface area contributed by atoms with E-state index in [4.69, 9.17) is 4.74 Å². The van der Waals surface area contributed by atoms with Crippen LogP contribution in [0.5, 0.6) is 0 Å². The Hall–Kier alpha value is 0.170. The van der Waals surface area contributed by atoms with Crippen LogP contribution < -0.4 is 0 Å². The second-order valence-electron chi connectivity index (χ2n) is 2.92. The number of carbonyl (C=O) groups excluding carboxylic acids is 1. The summed E-state index contributed by atoms with van der Waals surface area (Å²) in [5, 5.41) is 0. The Morgan fingerprint density at radius 2 is 2.33 bits per heavy atom. The lowest BCUT2D eigenvalue weighted by Gasteiger charge is -1.97. The molecule has 1 aliphatic rings. The fraction of sp³-hybridized carbons (Fsp3) is 0.625. The summed E-state index contributed by atoms with van der Waals surface area (Å²) >= 11 is 6.59. The summed E-state index contributed by atoms with van der Waals surface area (Å²) in [6.07, 6.45) is 3.21. The molecule has 1 aliphatic carbocycles. The molecule has 0 amide bonds. The van der Waals surface area contributed by atoms with Gasteiger partial charge in [0.2, 0.25) is 0 Å². The highest BCUT2D eigenvalue weighted by atomic mass is 79.9. The van der Waals surface area contributed by atoms with Gasteiger partial charge in [-0.15, -0.1) is 0 Å². The molecule has 68 valence electrons. The molecule has 0 aromatic rings. The maximum Gasteiger partial charge on any atom is 0.302 e. The summed E-state index contributed by atoms with van der Waals surface area (Å²) in [6, 6.07) is 0. The van der Waals surface area contributed by atoms with Gasteiger partial charge in [-0.2, -0.15) is 0 Å². The van der Waals surface area contributed by atoms with E-state index in [1.807, 2.05) is 0 Å². The van der Waals surface area contributed by atoms with Gasteiger partial charge < -0.3 is 4.74 Å². The van der Waals surface area contributed by atoms with Gasteiger partial charge in [0.15, 0.2) is 0 Å². The van der Waals surface area contributed by atoms with Crippen LogP contribution in [0, 0.1) is 11.8 Å². The number of allylic oxidation sites excluding steroid dienone is 1. The van der Waals surface area contributed by atoms with Gasteiger partial charge in [-0.25, -0.2) is 0 Å². The van der Waals surface area contributed by atoms with E-state index >= 15 is 0 Å². The Morgan fingerprint density at radius 3 is 2.83 bits per heavy atom. The summed E-state index contributed by atoms with van der Waals surface area (Å²) in [7, 11) is 0. The summed E-state index contributed by atoms with van der Waals surface area (Å²) in [6.45, 7) is 2.00. The number of ether oxygens (including phenoxy) is 1. The molecule has 2 nitrogen and oxygen atoms in total. The lowest BCUT2D eigenvalue weighted by molar-refractivity contribution is -0.141. The van der Waals surface area contributed by atoms with Crippen molar-refractivity contribution in [1.29, 1.82) is 0 Å². The Labute approximate surface area is 88.6 Å². The minimum Gasteiger partial charge on any atom is -0.466 e. The first kappa shape index (κ1) is 10.3. The largest absolute Gasteiger partial charge is 0.466 e. The molecule has 0 aromatic heterocycles. The molecule has 1 fully saturated rings. The van der Waals surface area contributed by atoms with Crippen LogP contribution >= 0.6 is 31.9 Å². The van der Waals surface area contributed by atoms with Crippen LogP contribution in [-0.2, 0) is 9.53 Å². The first-order chi connectivity index (χ1) is 5.59. The van der Waals surface area contributed by atoms with Crippen molar-refractivity contribution >= 4 is 37.8 Å². The first-order valence-corrected chi connectivity index (χ1v) is 5.34. The Kier molecular flexibility index (Phi) is 3.77. The smallest absolute Gasteiger partial charge is 0.302 e. The molecule has 0 spiro atoms. The monoisotopic (exact) mass is 296 g/mol. The van der Waals surface area contributed by atoms with Crippen molar-refractivity contribution in [2.75, 3.05) is 6.61 Å². The number of rotatable bonds is 3. The molecule has 0 aliphatic heterocycles. The number of halogens is 2. The quantitative estimate of drug-likeness (QED) is 0.749. The fourth-order valence-electron chi connectivity index (χ4n) is 1.05. The van der Waals surface area contributed by atoms with E-state index in [2.05, 4.69) is 37.9 Å². The van der Waals surface area contributed by atoms with Crippen LogP contribution in [0.2, 0.25) is 0 Å². The summed E-state index contributed by atoms with van der Waals surface area (Å²) in [5.74, 6) is 0.902. The van der Waals surface area contributed by atoms with Crippen molar-refractivity contribution < 1.29 is 9.53 Å². The van der Waals surface area contributed by atoms with Crippen molar-refractivity contribution in [2.45, 2.75) is 13.3 Å². The molecule has 0 heterocycles. The maximum absolute atomic E-state index is 10.4. The van der Waals surface area contributed by atoms with E-state index in [1.54, 1.807) is 0 Å². The average molecular weight is 298 g/mol. The predicted molar refractivity (Wildman–Crippen MR) is 54.2 cm³/mol. The van der Waals surface area contributed by atoms with Crippen LogP contribution in [-0.4, -0.2) is 12.6 Å². The van der Waals surface area contributed by atoms with E-state index in [-0.39, 0.29) is 5.97 Å². The molecule has 12 heavy (non-hydrogen) atoms. The van der Waals surface area contributed by atoms with Crippen molar-refractivity contribution in [1.82, 2.24) is 0 Å². The third-order valence-electron chi connectivity index (χ3n) is 1.82. The molecule has 0 radical (unpaired) electrons. The molecule has 0 aromatic carbocycles. The molecule has 0 unspecified atom stereocenters. The van der Waals surface area contributed by atoms with Crippen LogP contribution in [0.25, 0.3) is 0 Å². The van der Waals surface area contributed by atoms with Gasteiger partial charge in [0, 0.05) is 12.8 Å². The predicted octanol–water partition coefficient (Wildman–Crippen LogP) is 2.82. The van der Waals surface area contributed by atoms with E-state index in [1.165, 1.54) is 6.92 Å². The third-order valence-corrected chi connectivity index (χ3v) is 2.35. The molecule has 2 atom stereocenters. The summed E-state index contributed by atoms with van der Waals surface area (Å²) in [4.78, 5) is 10.4. The van der Waals surface area contributed by atoms with Crippen molar-refractivity contribution in [3.8, 4) is 0 Å². The molecule has 0 N–H and O–H groups in total. The number of hydrogen-bond donors (Lipinski definition) is 0. The number of esters is 1. The standard InChI is InChI=1S/C8H10Br2O2/c1-5(11)12-4-7-2-6(7)3-8(9)10/h3,6-7H,2,4H2,1H3/t6-,7-/m1/s1. The molecule has 0 bridgehead atoms. The molecular formula is C8H10Br2O2. The van der Waals surface area contributed by atoms with Gasteiger partial charge in [-0.1, -0.05) is 6.08 Å². The normalized spacial score (nSPS) is 26.2. The highest BCUT2D eigenvalue weighted by Gasteiger charge is 2.36. The lowest BCUT2D eigenvalue weighted by Crippen LogP contribution is -2.02. The number of hydrogen-bond acceptors (Lipinski definition) is 2. The summed E-state index contributed by atoms with van der Waals surface area (Å²) in [5.41, 5.74) is 0. The zero-order chi connectivity index (χ0) is 9.14. The molecule has 1 saturated carbocycles. The lowest BCUT2D eigenvalue weighted by atomic mass is 10.3. The molecule has 4 heteroatoms. The van der Waals surface area contributed by atoms with E-state index < -0.39 is 0 Å². The molecule has 1 rings (SSSR count). The second-order valence-corrected chi connectivity index (χ2v) is 5.69. The Balaban J connectivity index is 2.16. The van der Waals surface area contributed by atoms with Crippen molar-refractivity contribution in [3.05, 3.63) is 9.47 Å². The van der Waals surface area contributed by atoms with Crippen molar-refractivity contribution in [2.24, 2.45) is 11.8 Å². The van der Waals surface area contributed by atoms with Gasteiger partial charge in [-0.3, -0.25) is 4.79 Å². The van der Waals surface area contributed by atoms with Crippen molar-refractivity contribution in [3.63, 3.8) is 0 Å².